The van der Waals surface area contributed by atoms with E-state index >= 15 is 0 Å². The summed E-state index contributed by atoms with van der Waals surface area (Å²) in [5.41, 5.74) is 3.02. The van der Waals surface area contributed by atoms with Crippen LogP contribution in [0, 0.1) is 5.41 Å². The first-order valence-corrected chi connectivity index (χ1v) is 11.6. The molecule has 4 heteroatoms. The molecule has 0 N–H and O–H groups in total. The summed E-state index contributed by atoms with van der Waals surface area (Å²) in [4.78, 5) is 17.5. The van der Waals surface area contributed by atoms with Crippen LogP contribution in [0.3, 0.4) is 0 Å². The zero-order valence-corrected chi connectivity index (χ0v) is 19.3. The van der Waals surface area contributed by atoms with E-state index in [1.54, 1.807) is 7.11 Å². The Hall–Kier alpha value is -2.33. The average Bonchev–Trinajstić information content (AvgIpc) is 3.22. The standard InChI is InChI=1S/C27H36N2O2/c1-28(2)27(23-9-5-4-6-10-23)16-14-26(15-17-27)18-19-29(21-26)25(30)13-12-22-8-7-11-24(20-22)31-3/h4-11,20H,12-19,21H2,1-3H3/t26-,27-. The molecule has 166 valence electrons. The lowest BCUT2D eigenvalue weighted by Gasteiger charge is -2.49. The van der Waals surface area contributed by atoms with Crippen LogP contribution < -0.4 is 4.74 Å². The lowest BCUT2D eigenvalue weighted by molar-refractivity contribution is -0.130. The molecule has 0 bridgehead atoms. The van der Waals surface area contributed by atoms with Crippen molar-refractivity contribution in [1.82, 2.24) is 9.80 Å². The fraction of sp³-hybridized carbons (Fsp3) is 0.519. The van der Waals surface area contributed by atoms with Gasteiger partial charge in [0.15, 0.2) is 0 Å². The van der Waals surface area contributed by atoms with Gasteiger partial charge in [-0.3, -0.25) is 9.69 Å². The molecule has 2 aliphatic rings. The quantitative estimate of drug-likeness (QED) is 0.668. The summed E-state index contributed by atoms with van der Waals surface area (Å²) in [5.74, 6) is 1.15. The maximum Gasteiger partial charge on any atom is 0.222 e. The van der Waals surface area contributed by atoms with Crippen molar-refractivity contribution < 1.29 is 9.53 Å². The lowest BCUT2D eigenvalue weighted by Crippen LogP contribution is -2.47. The van der Waals surface area contributed by atoms with E-state index in [-0.39, 0.29) is 5.54 Å². The van der Waals surface area contributed by atoms with E-state index in [4.69, 9.17) is 4.74 Å². The van der Waals surface area contributed by atoms with Gasteiger partial charge < -0.3 is 9.64 Å². The molecule has 0 radical (unpaired) electrons. The van der Waals surface area contributed by atoms with Crippen molar-refractivity contribution in [3.8, 4) is 5.75 Å². The summed E-state index contributed by atoms with van der Waals surface area (Å²) < 4.78 is 5.30. The van der Waals surface area contributed by atoms with Gasteiger partial charge in [-0.05, 0) is 81.3 Å². The third-order valence-electron chi connectivity index (χ3n) is 7.86. The molecule has 1 saturated carbocycles. The van der Waals surface area contributed by atoms with Crippen molar-refractivity contribution in [1.29, 1.82) is 0 Å². The van der Waals surface area contributed by atoms with Crippen LogP contribution >= 0.6 is 0 Å². The number of likely N-dealkylation sites (tertiary alicyclic amines) is 1. The van der Waals surface area contributed by atoms with Crippen LogP contribution in [-0.2, 0) is 16.8 Å². The van der Waals surface area contributed by atoms with Crippen LogP contribution in [0.4, 0.5) is 0 Å². The molecule has 0 aromatic heterocycles. The highest BCUT2D eigenvalue weighted by Gasteiger charge is 2.48. The Morgan fingerprint density at radius 1 is 1.00 bits per heavy atom. The normalized spacial score (nSPS) is 25.9. The Morgan fingerprint density at radius 2 is 1.74 bits per heavy atom. The molecule has 1 aliphatic carbocycles. The molecular weight excluding hydrogens is 384 g/mol. The van der Waals surface area contributed by atoms with Crippen LogP contribution in [0.2, 0.25) is 0 Å². The SMILES string of the molecule is COc1cccc(CCC(=O)N2CC[C@]3(CC[C@@](c4ccccc4)(N(C)C)CC3)C2)c1. The number of benzene rings is 2. The molecule has 2 aromatic carbocycles. The fourth-order valence-corrected chi connectivity index (χ4v) is 5.73. The zero-order chi connectivity index (χ0) is 21.9. The number of hydrogen-bond acceptors (Lipinski definition) is 3. The number of methoxy groups -OCH3 is 1. The molecule has 2 aromatic rings. The highest BCUT2D eigenvalue weighted by Crippen LogP contribution is 2.51. The van der Waals surface area contributed by atoms with Gasteiger partial charge in [0, 0.05) is 25.0 Å². The summed E-state index contributed by atoms with van der Waals surface area (Å²) in [7, 11) is 6.11. The van der Waals surface area contributed by atoms with Gasteiger partial charge in [0.05, 0.1) is 7.11 Å². The van der Waals surface area contributed by atoms with E-state index in [2.05, 4.69) is 60.3 Å². The molecule has 0 atom stereocenters. The number of carbonyl (C=O) groups excluding carboxylic acids is 1. The summed E-state index contributed by atoms with van der Waals surface area (Å²) in [6.07, 6.45) is 7.22. The van der Waals surface area contributed by atoms with E-state index in [1.165, 1.54) is 18.4 Å². The largest absolute Gasteiger partial charge is 0.497 e. The van der Waals surface area contributed by atoms with E-state index in [0.29, 0.717) is 17.7 Å². The molecule has 1 aliphatic heterocycles. The van der Waals surface area contributed by atoms with E-state index in [1.807, 2.05) is 18.2 Å². The molecule has 31 heavy (non-hydrogen) atoms. The monoisotopic (exact) mass is 420 g/mol. The van der Waals surface area contributed by atoms with Gasteiger partial charge in [-0.25, -0.2) is 0 Å². The molecule has 2 fully saturated rings. The number of rotatable bonds is 6. The second-order valence-corrected chi connectivity index (χ2v) is 9.71. The minimum absolute atomic E-state index is 0.121. The predicted molar refractivity (Wildman–Crippen MR) is 125 cm³/mol. The third-order valence-corrected chi connectivity index (χ3v) is 7.86. The predicted octanol–water partition coefficient (Wildman–Crippen LogP) is 4.88. The Labute approximate surface area is 187 Å². The first-order chi connectivity index (χ1) is 15.0. The molecule has 0 unspecified atom stereocenters. The van der Waals surface area contributed by atoms with Crippen molar-refractivity contribution in [2.45, 2.75) is 50.5 Å². The Morgan fingerprint density at radius 3 is 2.42 bits per heavy atom. The summed E-state index contributed by atoms with van der Waals surface area (Å²) >= 11 is 0. The van der Waals surface area contributed by atoms with Gasteiger partial charge in [0.1, 0.15) is 5.75 Å². The molecule has 1 amide bonds. The second-order valence-electron chi connectivity index (χ2n) is 9.71. The van der Waals surface area contributed by atoms with Gasteiger partial charge in [-0.1, -0.05) is 42.5 Å². The maximum atomic E-state index is 12.9. The van der Waals surface area contributed by atoms with Gasteiger partial charge in [-0.15, -0.1) is 0 Å². The second kappa shape index (κ2) is 9.04. The van der Waals surface area contributed by atoms with Gasteiger partial charge in [0.25, 0.3) is 0 Å². The lowest BCUT2D eigenvalue weighted by atomic mass is 9.64. The first kappa shape index (κ1) is 21.9. The summed E-state index contributed by atoms with van der Waals surface area (Å²) in [6.45, 7) is 1.85. The summed E-state index contributed by atoms with van der Waals surface area (Å²) in [6, 6.07) is 19.0. The third kappa shape index (κ3) is 4.50. The zero-order valence-electron chi connectivity index (χ0n) is 19.3. The van der Waals surface area contributed by atoms with Gasteiger partial charge >= 0.3 is 0 Å². The highest BCUT2D eigenvalue weighted by atomic mass is 16.5. The highest BCUT2D eigenvalue weighted by molar-refractivity contribution is 5.76. The number of ether oxygens (including phenoxy) is 1. The molecule has 4 rings (SSSR count). The van der Waals surface area contributed by atoms with E-state index in [9.17, 15) is 4.79 Å². The molecule has 1 saturated heterocycles. The fourth-order valence-electron chi connectivity index (χ4n) is 5.73. The van der Waals surface area contributed by atoms with E-state index in [0.717, 1.165) is 50.1 Å². The average molecular weight is 421 g/mol. The maximum absolute atomic E-state index is 12.9. The van der Waals surface area contributed by atoms with Crippen LogP contribution in [0.5, 0.6) is 5.75 Å². The number of aryl methyl sites for hydroxylation is 1. The van der Waals surface area contributed by atoms with Gasteiger partial charge in [0.2, 0.25) is 5.91 Å². The number of nitrogens with zero attached hydrogens (tertiary/aromatic N) is 2. The topological polar surface area (TPSA) is 32.8 Å². The van der Waals surface area contributed by atoms with Crippen molar-refractivity contribution in [2.24, 2.45) is 5.41 Å². The smallest absolute Gasteiger partial charge is 0.222 e. The van der Waals surface area contributed by atoms with Crippen LogP contribution in [0.15, 0.2) is 54.6 Å². The van der Waals surface area contributed by atoms with Crippen LogP contribution in [-0.4, -0.2) is 50.0 Å². The minimum Gasteiger partial charge on any atom is -0.497 e. The van der Waals surface area contributed by atoms with Gasteiger partial charge in [-0.2, -0.15) is 0 Å². The number of carbonyl (C=O) groups is 1. The summed E-state index contributed by atoms with van der Waals surface area (Å²) in [5, 5.41) is 0. The van der Waals surface area contributed by atoms with Crippen molar-refractivity contribution in [3.05, 3.63) is 65.7 Å². The van der Waals surface area contributed by atoms with Crippen molar-refractivity contribution in [3.63, 3.8) is 0 Å². The van der Waals surface area contributed by atoms with Crippen LogP contribution in [0.1, 0.15) is 49.7 Å². The molecule has 1 spiro atoms. The number of hydrogen-bond donors (Lipinski definition) is 0. The molecular formula is C27H36N2O2. The molecule has 4 nitrogen and oxygen atoms in total. The Balaban J connectivity index is 1.36. The van der Waals surface area contributed by atoms with Crippen LogP contribution in [0.25, 0.3) is 0 Å². The Kier molecular flexibility index (Phi) is 6.38. The molecule has 1 heterocycles. The van der Waals surface area contributed by atoms with Crippen molar-refractivity contribution >= 4 is 5.91 Å². The minimum atomic E-state index is 0.121. The Bertz CT molecular complexity index is 885. The van der Waals surface area contributed by atoms with Crippen molar-refractivity contribution in [2.75, 3.05) is 34.3 Å². The van der Waals surface area contributed by atoms with E-state index < -0.39 is 0 Å². The number of amides is 1. The first-order valence-electron chi connectivity index (χ1n) is 11.6.